The van der Waals surface area contributed by atoms with Crippen molar-refractivity contribution in [1.29, 1.82) is 0 Å². The summed E-state index contributed by atoms with van der Waals surface area (Å²) in [5.74, 6) is -0.297. The van der Waals surface area contributed by atoms with Gasteiger partial charge in [-0.05, 0) is 18.2 Å². The van der Waals surface area contributed by atoms with Crippen molar-refractivity contribution in [3.8, 4) is 0 Å². The van der Waals surface area contributed by atoms with Gasteiger partial charge in [-0.15, -0.1) is 0 Å². The molecule has 0 unspecified atom stereocenters. The van der Waals surface area contributed by atoms with E-state index < -0.39 is 0 Å². The standard InChI is InChI=1S/C14H20N2O3/c1-15-13(17)10-16(2)9-12-7-5-4-6-11(12)8-14(18)19-3/h4-7H,8-10H2,1-3H3,(H,15,17). The first-order valence-electron chi connectivity index (χ1n) is 6.09. The number of esters is 1. The summed E-state index contributed by atoms with van der Waals surface area (Å²) in [6.07, 6.45) is 0.250. The summed E-state index contributed by atoms with van der Waals surface area (Å²) >= 11 is 0. The number of amides is 1. The van der Waals surface area contributed by atoms with Gasteiger partial charge in [-0.3, -0.25) is 14.5 Å². The molecule has 0 fully saturated rings. The number of rotatable bonds is 6. The van der Waals surface area contributed by atoms with E-state index in [0.29, 0.717) is 13.1 Å². The fourth-order valence-electron chi connectivity index (χ4n) is 1.78. The lowest BCUT2D eigenvalue weighted by Crippen LogP contribution is -2.32. The zero-order valence-corrected chi connectivity index (χ0v) is 11.6. The highest BCUT2D eigenvalue weighted by atomic mass is 16.5. The van der Waals surface area contributed by atoms with Gasteiger partial charge in [0, 0.05) is 13.6 Å². The molecule has 0 atom stereocenters. The van der Waals surface area contributed by atoms with Crippen LogP contribution in [0.3, 0.4) is 0 Å². The Morgan fingerprint density at radius 1 is 1.26 bits per heavy atom. The third-order valence-electron chi connectivity index (χ3n) is 2.81. The molecule has 19 heavy (non-hydrogen) atoms. The van der Waals surface area contributed by atoms with E-state index in [1.165, 1.54) is 7.11 Å². The molecule has 0 radical (unpaired) electrons. The summed E-state index contributed by atoms with van der Waals surface area (Å²) in [4.78, 5) is 24.5. The van der Waals surface area contributed by atoms with Crippen LogP contribution in [0.4, 0.5) is 0 Å². The summed E-state index contributed by atoms with van der Waals surface area (Å²) in [6.45, 7) is 0.934. The van der Waals surface area contributed by atoms with Crippen molar-refractivity contribution in [2.75, 3.05) is 27.7 Å². The molecule has 0 aliphatic carbocycles. The molecule has 5 heteroatoms. The van der Waals surface area contributed by atoms with E-state index >= 15 is 0 Å². The van der Waals surface area contributed by atoms with Gasteiger partial charge in [-0.2, -0.15) is 0 Å². The molecule has 1 aromatic carbocycles. The smallest absolute Gasteiger partial charge is 0.309 e. The number of methoxy groups -OCH3 is 1. The number of nitrogens with one attached hydrogen (secondary N) is 1. The molecular weight excluding hydrogens is 244 g/mol. The minimum atomic E-state index is -0.263. The zero-order valence-electron chi connectivity index (χ0n) is 11.6. The Bertz CT molecular complexity index is 446. The van der Waals surface area contributed by atoms with Gasteiger partial charge in [0.15, 0.2) is 0 Å². The quantitative estimate of drug-likeness (QED) is 0.764. The Morgan fingerprint density at radius 2 is 1.89 bits per heavy atom. The second kappa shape index (κ2) is 7.53. The maximum absolute atomic E-state index is 11.3. The average Bonchev–Trinajstić information content (AvgIpc) is 2.40. The number of hydrogen-bond acceptors (Lipinski definition) is 4. The topological polar surface area (TPSA) is 58.6 Å². The molecule has 0 bridgehead atoms. The van der Waals surface area contributed by atoms with Crippen LogP contribution in [-0.4, -0.2) is 44.5 Å². The van der Waals surface area contributed by atoms with E-state index in [0.717, 1.165) is 11.1 Å². The first-order valence-corrected chi connectivity index (χ1v) is 6.09. The fraction of sp³-hybridized carbons (Fsp3) is 0.429. The highest BCUT2D eigenvalue weighted by molar-refractivity contribution is 5.77. The lowest BCUT2D eigenvalue weighted by Gasteiger charge is -2.17. The first-order chi connectivity index (χ1) is 9.06. The Kier molecular flexibility index (Phi) is 6.02. The molecule has 1 N–H and O–H groups in total. The van der Waals surface area contributed by atoms with Crippen molar-refractivity contribution < 1.29 is 14.3 Å². The van der Waals surface area contributed by atoms with Crippen LogP contribution in [0.5, 0.6) is 0 Å². The fourth-order valence-corrected chi connectivity index (χ4v) is 1.78. The lowest BCUT2D eigenvalue weighted by atomic mass is 10.0. The molecule has 0 aromatic heterocycles. The van der Waals surface area contributed by atoms with E-state index in [2.05, 4.69) is 10.1 Å². The van der Waals surface area contributed by atoms with Gasteiger partial charge in [-0.25, -0.2) is 0 Å². The largest absolute Gasteiger partial charge is 0.469 e. The van der Waals surface area contributed by atoms with E-state index in [4.69, 9.17) is 0 Å². The molecule has 5 nitrogen and oxygen atoms in total. The van der Waals surface area contributed by atoms with Gasteiger partial charge in [0.2, 0.25) is 5.91 Å². The number of likely N-dealkylation sites (N-methyl/N-ethyl adjacent to an activating group) is 2. The number of ether oxygens (including phenoxy) is 1. The Balaban J connectivity index is 2.71. The lowest BCUT2D eigenvalue weighted by molar-refractivity contribution is -0.139. The van der Waals surface area contributed by atoms with Crippen molar-refractivity contribution in [1.82, 2.24) is 10.2 Å². The number of nitrogens with zero attached hydrogens (tertiary/aromatic N) is 1. The van der Waals surface area contributed by atoms with Gasteiger partial charge in [0.05, 0.1) is 20.1 Å². The van der Waals surface area contributed by atoms with Crippen molar-refractivity contribution in [3.63, 3.8) is 0 Å². The average molecular weight is 264 g/mol. The van der Waals surface area contributed by atoms with Gasteiger partial charge in [0.25, 0.3) is 0 Å². The molecule has 1 aromatic rings. The molecule has 0 saturated carbocycles. The maximum atomic E-state index is 11.3. The van der Waals surface area contributed by atoms with Crippen molar-refractivity contribution >= 4 is 11.9 Å². The maximum Gasteiger partial charge on any atom is 0.309 e. The van der Waals surface area contributed by atoms with Crippen LogP contribution in [0, 0.1) is 0 Å². The van der Waals surface area contributed by atoms with E-state index in [9.17, 15) is 9.59 Å². The summed E-state index contributed by atoms with van der Waals surface area (Å²) in [5, 5.41) is 2.58. The zero-order chi connectivity index (χ0) is 14.3. The first kappa shape index (κ1) is 15.2. The monoisotopic (exact) mass is 264 g/mol. The molecule has 1 rings (SSSR count). The minimum absolute atomic E-state index is 0.0343. The van der Waals surface area contributed by atoms with Gasteiger partial charge >= 0.3 is 5.97 Å². The molecule has 0 aliphatic heterocycles. The predicted octanol–water partition coefficient (Wildman–Crippen LogP) is 0.580. The van der Waals surface area contributed by atoms with Crippen LogP contribution in [-0.2, 0) is 27.3 Å². The normalized spacial score (nSPS) is 10.3. The second-order valence-electron chi connectivity index (χ2n) is 4.37. The Labute approximate surface area is 113 Å². The molecule has 0 spiro atoms. The van der Waals surface area contributed by atoms with Crippen molar-refractivity contribution in [3.05, 3.63) is 35.4 Å². The molecule has 1 amide bonds. The molecular formula is C14H20N2O3. The third-order valence-corrected chi connectivity index (χ3v) is 2.81. The summed E-state index contributed by atoms with van der Waals surface area (Å²) in [7, 11) is 4.86. The van der Waals surface area contributed by atoms with E-state index in [1.54, 1.807) is 7.05 Å². The SMILES string of the molecule is CNC(=O)CN(C)Cc1ccccc1CC(=O)OC. The number of carbonyl (C=O) groups excluding carboxylic acids is 2. The van der Waals surface area contributed by atoms with Crippen LogP contribution in [0.25, 0.3) is 0 Å². The molecule has 0 heterocycles. The van der Waals surface area contributed by atoms with Gasteiger partial charge in [0.1, 0.15) is 0 Å². The van der Waals surface area contributed by atoms with Crippen LogP contribution in [0.15, 0.2) is 24.3 Å². The van der Waals surface area contributed by atoms with Crippen molar-refractivity contribution in [2.45, 2.75) is 13.0 Å². The summed E-state index contributed by atoms with van der Waals surface area (Å²) in [6, 6.07) is 7.67. The second-order valence-corrected chi connectivity index (χ2v) is 4.37. The number of benzene rings is 1. The van der Waals surface area contributed by atoms with Gasteiger partial charge < -0.3 is 10.1 Å². The van der Waals surface area contributed by atoms with Crippen LogP contribution >= 0.6 is 0 Å². The molecule has 104 valence electrons. The third kappa shape index (κ3) is 5.09. The minimum Gasteiger partial charge on any atom is -0.469 e. The van der Waals surface area contributed by atoms with Crippen LogP contribution in [0.2, 0.25) is 0 Å². The predicted molar refractivity (Wildman–Crippen MR) is 72.6 cm³/mol. The van der Waals surface area contributed by atoms with Crippen LogP contribution in [0.1, 0.15) is 11.1 Å². The highest BCUT2D eigenvalue weighted by Gasteiger charge is 2.11. The molecule has 0 aliphatic rings. The number of carbonyl (C=O) groups is 2. The summed E-state index contributed by atoms with van der Waals surface area (Å²) in [5.41, 5.74) is 1.96. The Hall–Kier alpha value is -1.88. The van der Waals surface area contributed by atoms with E-state index in [1.807, 2.05) is 36.2 Å². The van der Waals surface area contributed by atoms with Crippen molar-refractivity contribution in [2.24, 2.45) is 0 Å². The van der Waals surface area contributed by atoms with Gasteiger partial charge in [-0.1, -0.05) is 24.3 Å². The van der Waals surface area contributed by atoms with Crippen LogP contribution < -0.4 is 5.32 Å². The summed E-state index contributed by atoms with van der Waals surface area (Å²) < 4.78 is 4.68. The number of hydrogen-bond donors (Lipinski definition) is 1. The van der Waals surface area contributed by atoms with E-state index in [-0.39, 0.29) is 18.3 Å². The Morgan fingerprint density at radius 3 is 2.47 bits per heavy atom. The molecule has 0 saturated heterocycles. The highest BCUT2D eigenvalue weighted by Crippen LogP contribution is 2.12.